The summed E-state index contributed by atoms with van der Waals surface area (Å²) >= 11 is 0. The van der Waals surface area contributed by atoms with Gasteiger partial charge in [0.2, 0.25) is 0 Å². The van der Waals surface area contributed by atoms with Gasteiger partial charge in [0.1, 0.15) is 0 Å². The van der Waals surface area contributed by atoms with E-state index in [0.717, 1.165) is 22.5 Å². The maximum absolute atomic E-state index is 11.7. The van der Waals surface area contributed by atoms with Crippen molar-refractivity contribution in [3.63, 3.8) is 0 Å². The number of carbonyl (C=O) groups is 1. The van der Waals surface area contributed by atoms with Crippen molar-refractivity contribution in [3.05, 3.63) is 47.6 Å². The van der Waals surface area contributed by atoms with Crippen LogP contribution in [0.5, 0.6) is 0 Å². The molecule has 0 bridgehead atoms. The van der Waals surface area contributed by atoms with E-state index in [2.05, 4.69) is 4.99 Å². The van der Waals surface area contributed by atoms with Gasteiger partial charge in [0.15, 0.2) is 0 Å². The summed E-state index contributed by atoms with van der Waals surface area (Å²) < 4.78 is 5.03. The van der Waals surface area contributed by atoms with E-state index in [4.69, 9.17) is 4.74 Å². The van der Waals surface area contributed by atoms with E-state index in [-0.39, 0.29) is 5.97 Å². The van der Waals surface area contributed by atoms with Crippen molar-refractivity contribution < 1.29 is 9.53 Å². The largest absolute Gasteiger partial charge is 0.462 e. The molecule has 0 spiro atoms. The van der Waals surface area contributed by atoms with Crippen LogP contribution in [0.3, 0.4) is 0 Å². The Morgan fingerprint density at radius 3 is 3.06 bits per heavy atom. The molecule has 18 heavy (non-hydrogen) atoms. The third-order valence-corrected chi connectivity index (χ3v) is 3.09. The summed E-state index contributed by atoms with van der Waals surface area (Å²) in [6.45, 7) is 2.21. The van der Waals surface area contributed by atoms with Crippen molar-refractivity contribution in [2.75, 3.05) is 6.61 Å². The molecule has 0 amide bonds. The highest BCUT2D eigenvalue weighted by Crippen LogP contribution is 2.38. The van der Waals surface area contributed by atoms with Gasteiger partial charge in [-0.2, -0.15) is 0 Å². The van der Waals surface area contributed by atoms with Crippen LogP contribution in [-0.2, 0) is 9.53 Å². The molecule has 1 aliphatic heterocycles. The molecule has 0 atom stereocenters. The topological polar surface area (TPSA) is 38.7 Å². The van der Waals surface area contributed by atoms with Crippen LogP contribution in [0.2, 0.25) is 0 Å². The zero-order valence-corrected chi connectivity index (χ0v) is 10.1. The SMILES string of the molecule is CCOC(=O)C1=CCC2=Nc3ccccc3C2=C1. The summed E-state index contributed by atoms with van der Waals surface area (Å²) in [5, 5.41) is 0. The van der Waals surface area contributed by atoms with Crippen LogP contribution < -0.4 is 0 Å². The van der Waals surface area contributed by atoms with Gasteiger partial charge >= 0.3 is 5.97 Å². The number of para-hydroxylation sites is 1. The normalized spacial score (nSPS) is 16.2. The lowest BCUT2D eigenvalue weighted by atomic mass is 9.93. The van der Waals surface area contributed by atoms with E-state index in [1.807, 2.05) is 43.3 Å². The minimum Gasteiger partial charge on any atom is -0.462 e. The molecule has 1 aliphatic carbocycles. The Morgan fingerprint density at radius 1 is 1.39 bits per heavy atom. The van der Waals surface area contributed by atoms with E-state index < -0.39 is 0 Å². The summed E-state index contributed by atoms with van der Waals surface area (Å²) in [5.41, 5.74) is 4.79. The fraction of sp³-hybridized carbons (Fsp3) is 0.200. The highest BCUT2D eigenvalue weighted by molar-refractivity contribution is 6.31. The Morgan fingerprint density at radius 2 is 2.22 bits per heavy atom. The molecule has 3 heteroatoms. The molecule has 3 rings (SSSR count). The van der Waals surface area contributed by atoms with Crippen molar-refractivity contribution in [2.45, 2.75) is 13.3 Å². The molecule has 0 N–H and O–H groups in total. The fourth-order valence-corrected chi connectivity index (χ4v) is 2.25. The Bertz CT molecular complexity index is 609. The Kier molecular flexibility index (Phi) is 2.59. The van der Waals surface area contributed by atoms with E-state index >= 15 is 0 Å². The van der Waals surface area contributed by atoms with Crippen molar-refractivity contribution in [1.82, 2.24) is 0 Å². The molecule has 90 valence electrons. The van der Waals surface area contributed by atoms with Crippen LogP contribution in [0.15, 0.2) is 47.0 Å². The zero-order chi connectivity index (χ0) is 12.5. The van der Waals surface area contributed by atoms with Gasteiger partial charge in [0.25, 0.3) is 0 Å². The molecule has 0 radical (unpaired) electrons. The number of benzene rings is 1. The maximum Gasteiger partial charge on any atom is 0.337 e. The molecular formula is C15H13NO2. The molecule has 0 fully saturated rings. The molecule has 0 aromatic heterocycles. The number of hydrogen-bond donors (Lipinski definition) is 0. The predicted molar refractivity (Wildman–Crippen MR) is 70.8 cm³/mol. The second-order valence-electron chi connectivity index (χ2n) is 4.22. The lowest BCUT2D eigenvalue weighted by Gasteiger charge is -2.11. The van der Waals surface area contributed by atoms with Gasteiger partial charge in [0.05, 0.1) is 23.6 Å². The van der Waals surface area contributed by atoms with E-state index in [1.54, 1.807) is 0 Å². The molecule has 3 nitrogen and oxygen atoms in total. The lowest BCUT2D eigenvalue weighted by molar-refractivity contribution is -0.138. The predicted octanol–water partition coefficient (Wildman–Crippen LogP) is 3.05. The number of ether oxygens (including phenoxy) is 1. The van der Waals surface area contributed by atoms with Crippen LogP contribution in [-0.4, -0.2) is 18.3 Å². The van der Waals surface area contributed by atoms with Gasteiger partial charge in [-0.1, -0.05) is 24.3 Å². The molecule has 1 aromatic carbocycles. The van der Waals surface area contributed by atoms with Crippen LogP contribution in [0, 0.1) is 0 Å². The maximum atomic E-state index is 11.7. The quantitative estimate of drug-likeness (QED) is 0.744. The lowest BCUT2D eigenvalue weighted by Crippen LogP contribution is -2.11. The van der Waals surface area contributed by atoms with Gasteiger partial charge in [-0.3, -0.25) is 4.99 Å². The molecule has 1 aromatic rings. The molecule has 0 saturated carbocycles. The van der Waals surface area contributed by atoms with Crippen LogP contribution in [0.4, 0.5) is 5.69 Å². The first kappa shape index (κ1) is 11.0. The highest BCUT2D eigenvalue weighted by Gasteiger charge is 2.24. The molecule has 0 saturated heterocycles. The Balaban J connectivity index is 1.98. The molecule has 2 aliphatic rings. The van der Waals surface area contributed by atoms with Crippen molar-refractivity contribution in [1.29, 1.82) is 0 Å². The number of fused-ring (bicyclic) bond motifs is 3. The van der Waals surface area contributed by atoms with Crippen molar-refractivity contribution in [2.24, 2.45) is 4.99 Å². The van der Waals surface area contributed by atoms with Crippen LogP contribution >= 0.6 is 0 Å². The minimum atomic E-state index is -0.256. The minimum absolute atomic E-state index is 0.256. The monoisotopic (exact) mass is 239 g/mol. The van der Waals surface area contributed by atoms with Gasteiger partial charge in [-0.15, -0.1) is 0 Å². The summed E-state index contributed by atoms with van der Waals surface area (Å²) in [4.78, 5) is 16.3. The smallest absolute Gasteiger partial charge is 0.337 e. The second kappa shape index (κ2) is 4.26. The molecule has 0 unspecified atom stereocenters. The second-order valence-corrected chi connectivity index (χ2v) is 4.22. The van der Waals surface area contributed by atoms with E-state index in [1.165, 1.54) is 0 Å². The Hall–Kier alpha value is -2.16. The first-order valence-corrected chi connectivity index (χ1v) is 6.06. The number of rotatable bonds is 2. The zero-order valence-electron chi connectivity index (χ0n) is 10.1. The molecular weight excluding hydrogens is 226 g/mol. The van der Waals surface area contributed by atoms with Gasteiger partial charge in [-0.25, -0.2) is 4.79 Å². The summed E-state index contributed by atoms with van der Waals surface area (Å²) in [6.07, 6.45) is 4.45. The number of hydrogen-bond acceptors (Lipinski definition) is 3. The average molecular weight is 239 g/mol. The number of carbonyl (C=O) groups excluding carboxylic acids is 1. The number of aliphatic imine (C=N–C) groups is 1. The summed E-state index contributed by atoms with van der Waals surface area (Å²) in [5.74, 6) is -0.256. The summed E-state index contributed by atoms with van der Waals surface area (Å²) in [6, 6.07) is 7.98. The van der Waals surface area contributed by atoms with Crippen molar-refractivity contribution in [3.8, 4) is 0 Å². The van der Waals surface area contributed by atoms with Gasteiger partial charge in [0, 0.05) is 17.6 Å². The third kappa shape index (κ3) is 1.68. The van der Waals surface area contributed by atoms with E-state index in [9.17, 15) is 4.79 Å². The fourth-order valence-electron chi connectivity index (χ4n) is 2.25. The number of nitrogens with zero attached hydrogens (tertiary/aromatic N) is 1. The molecule has 1 heterocycles. The van der Waals surface area contributed by atoms with Crippen LogP contribution in [0.1, 0.15) is 18.9 Å². The average Bonchev–Trinajstić information content (AvgIpc) is 2.76. The van der Waals surface area contributed by atoms with Gasteiger partial charge in [-0.05, 0) is 19.1 Å². The standard InChI is InChI=1S/C15H13NO2/c1-2-18-15(17)10-7-8-14-12(9-10)11-5-3-4-6-13(11)16-14/h3-7,9H,2,8H2,1H3. The third-order valence-electron chi connectivity index (χ3n) is 3.09. The van der Waals surface area contributed by atoms with Crippen LogP contribution in [0.25, 0.3) is 5.57 Å². The first-order valence-electron chi connectivity index (χ1n) is 6.06. The summed E-state index contributed by atoms with van der Waals surface area (Å²) in [7, 11) is 0. The Labute approximate surface area is 105 Å². The number of esters is 1. The van der Waals surface area contributed by atoms with Crippen molar-refractivity contribution >= 4 is 22.9 Å². The highest BCUT2D eigenvalue weighted by atomic mass is 16.5. The van der Waals surface area contributed by atoms with Gasteiger partial charge < -0.3 is 4.74 Å². The number of allylic oxidation sites excluding steroid dienone is 2. The van der Waals surface area contributed by atoms with E-state index in [0.29, 0.717) is 18.6 Å². The first-order chi connectivity index (χ1) is 8.79.